The number of hydrogen-bond donors (Lipinski definition) is 3. The number of benzene rings is 1. The van der Waals surface area contributed by atoms with E-state index in [-0.39, 0.29) is 6.61 Å². The second-order valence-corrected chi connectivity index (χ2v) is 2.36. The van der Waals surface area contributed by atoms with Gasteiger partial charge in [0.15, 0.2) is 0 Å². The largest absolute Gasteiger partial charge is 0.396 e. The van der Waals surface area contributed by atoms with Crippen molar-refractivity contribution in [2.45, 2.75) is 6.42 Å². The molecule has 1 aromatic rings. The summed E-state index contributed by atoms with van der Waals surface area (Å²) in [5.41, 5.74) is 9.69. The van der Waals surface area contributed by atoms with Gasteiger partial charge in [0.1, 0.15) is 0 Å². The zero-order chi connectivity index (χ0) is 10.1. The molecule has 5 N–H and O–H groups in total. The third-order valence-corrected chi connectivity index (χ3v) is 1.24. The molecule has 0 saturated carbocycles. The lowest BCUT2D eigenvalue weighted by Gasteiger charge is -1.93. The van der Waals surface area contributed by atoms with E-state index in [9.17, 15) is 0 Å². The Hall–Kier alpha value is -1.55. The zero-order valence-electron chi connectivity index (χ0n) is 7.31. The number of rotatable bonds is 2. The number of aliphatic hydroxyl groups excluding tert-OH is 1. The highest BCUT2D eigenvalue weighted by atomic mass is 16.2. The van der Waals surface area contributed by atoms with Gasteiger partial charge in [-0.05, 0) is 12.0 Å². The highest BCUT2D eigenvalue weighted by Gasteiger charge is 1.85. The molecule has 0 aromatic heterocycles. The lowest BCUT2D eigenvalue weighted by atomic mass is 10.2. The van der Waals surface area contributed by atoms with Crippen LogP contribution in [0, 0.1) is 0 Å². The monoisotopic (exact) mass is 182 g/mol. The van der Waals surface area contributed by atoms with Crippen LogP contribution in [0.2, 0.25) is 0 Å². The van der Waals surface area contributed by atoms with Crippen molar-refractivity contribution in [1.29, 1.82) is 0 Å². The maximum atomic E-state index is 9.00. The van der Waals surface area contributed by atoms with E-state index in [1.54, 1.807) is 0 Å². The third-order valence-electron chi connectivity index (χ3n) is 1.24. The fourth-order valence-electron chi connectivity index (χ4n) is 0.774. The molecule has 4 heteroatoms. The summed E-state index contributed by atoms with van der Waals surface area (Å²) >= 11 is 0. The van der Waals surface area contributed by atoms with Crippen molar-refractivity contribution < 1.29 is 9.90 Å². The first-order valence-electron chi connectivity index (χ1n) is 3.86. The fourth-order valence-corrected chi connectivity index (χ4v) is 0.774. The molecule has 0 atom stereocenters. The molecule has 2 amide bonds. The standard InChI is InChI=1S/C8H10O.CH4N2O/c9-7-6-8-4-2-1-3-5-8;2-1(3)4/h1-5,9H,6-7H2;(H4,2,3,4). The zero-order valence-corrected chi connectivity index (χ0v) is 7.31. The van der Waals surface area contributed by atoms with Gasteiger partial charge < -0.3 is 16.6 Å². The third kappa shape index (κ3) is 8.36. The van der Waals surface area contributed by atoms with Crippen LogP contribution < -0.4 is 11.5 Å². The van der Waals surface area contributed by atoms with E-state index in [0.29, 0.717) is 0 Å². The van der Waals surface area contributed by atoms with E-state index >= 15 is 0 Å². The van der Waals surface area contributed by atoms with Crippen molar-refractivity contribution in [3.8, 4) is 0 Å². The molecule has 0 fully saturated rings. The van der Waals surface area contributed by atoms with E-state index in [4.69, 9.17) is 9.90 Å². The Kier molecular flexibility index (Phi) is 6.27. The van der Waals surface area contributed by atoms with Crippen molar-refractivity contribution in [2.75, 3.05) is 6.61 Å². The predicted octanol–water partition coefficient (Wildman–Crippen LogP) is 0.245. The summed E-state index contributed by atoms with van der Waals surface area (Å²) < 4.78 is 0. The molecule has 0 heterocycles. The van der Waals surface area contributed by atoms with Crippen LogP contribution in [-0.2, 0) is 6.42 Å². The summed E-state index contributed by atoms with van der Waals surface area (Å²) in [7, 11) is 0. The van der Waals surface area contributed by atoms with Crippen molar-refractivity contribution in [2.24, 2.45) is 11.5 Å². The molecule has 0 spiro atoms. The number of amides is 2. The molecule has 0 aliphatic rings. The maximum absolute atomic E-state index is 9.00. The van der Waals surface area contributed by atoms with Crippen molar-refractivity contribution in [3.05, 3.63) is 35.9 Å². The molecule has 0 aliphatic heterocycles. The van der Waals surface area contributed by atoms with Crippen LogP contribution in [0.4, 0.5) is 4.79 Å². The summed E-state index contributed by atoms with van der Waals surface area (Å²) in [6.45, 7) is 0.240. The molecule has 1 aromatic carbocycles. The van der Waals surface area contributed by atoms with Crippen LogP contribution in [0.1, 0.15) is 5.56 Å². The van der Waals surface area contributed by atoms with Gasteiger partial charge in [0.05, 0.1) is 0 Å². The van der Waals surface area contributed by atoms with Gasteiger partial charge in [0.25, 0.3) is 0 Å². The number of carbonyl (C=O) groups excluding carboxylic acids is 1. The molecular formula is C9H14N2O2. The number of hydrogen-bond acceptors (Lipinski definition) is 2. The Labute approximate surface area is 77.2 Å². The number of primary amides is 2. The van der Waals surface area contributed by atoms with Gasteiger partial charge in [-0.1, -0.05) is 30.3 Å². The Balaban J connectivity index is 0.000000310. The van der Waals surface area contributed by atoms with Gasteiger partial charge in [-0.2, -0.15) is 0 Å². The second-order valence-electron chi connectivity index (χ2n) is 2.36. The minimum atomic E-state index is -0.833. The van der Waals surface area contributed by atoms with E-state index in [0.717, 1.165) is 6.42 Å². The Bertz CT molecular complexity index is 233. The summed E-state index contributed by atoms with van der Waals surface area (Å²) in [5.74, 6) is 0. The molecule has 4 nitrogen and oxygen atoms in total. The fraction of sp³-hybridized carbons (Fsp3) is 0.222. The van der Waals surface area contributed by atoms with Crippen LogP contribution in [0.25, 0.3) is 0 Å². The van der Waals surface area contributed by atoms with Crippen molar-refractivity contribution in [1.82, 2.24) is 0 Å². The first kappa shape index (κ1) is 11.4. The van der Waals surface area contributed by atoms with Crippen LogP contribution in [0.3, 0.4) is 0 Å². The Morgan fingerprint density at radius 3 is 2.08 bits per heavy atom. The lowest BCUT2D eigenvalue weighted by Crippen LogP contribution is -2.18. The predicted molar refractivity (Wildman–Crippen MR) is 51.0 cm³/mol. The van der Waals surface area contributed by atoms with Crippen molar-refractivity contribution >= 4 is 6.03 Å². The Morgan fingerprint density at radius 2 is 1.69 bits per heavy atom. The van der Waals surface area contributed by atoms with E-state index in [1.165, 1.54) is 5.56 Å². The minimum Gasteiger partial charge on any atom is -0.396 e. The normalized spacial score (nSPS) is 8.38. The first-order valence-corrected chi connectivity index (χ1v) is 3.86. The minimum absolute atomic E-state index is 0.240. The summed E-state index contributed by atoms with van der Waals surface area (Å²) in [4.78, 5) is 9.00. The second kappa shape index (κ2) is 7.12. The molecule has 1 rings (SSSR count). The highest BCUT2D eigenvalue weighted by molar-refractivity contribution is 5.69. The number of urea groups is 1. The van der Waals surface area contributed by atoms with E-state index in [1.807, 2.05) is 30.3 Å². The lowest BCUT2D eigenvalue weighted by molar-refractivity contribution is 0.256. The smallest absolute Gasteiger partial charge is 0.309 e. The molecular weight excluding hydrogens is 168 g/mol. The van der Waals surface area contributed by atoms with Crippen LogP contribution in [-0.4, -0.2) is 17.7 Å². The molecule has 0 radical (unpaired) electrons. The molecule has 0 bridgehead atoms. The SMILES string of the molecule is NC(N)=O.OCCc1ccccc1. The van der Waals surface area contributed by atoms with Gasteiger partial charge >= 0.3 is 6.03 Å². The average molecular weight is 182 g/mol. The summed E-state index contributed by atoms with van der Waals surface area (Å²) in [6, 6.07) is 9.11. The average Bonchev–Trinajstić information content (AvgIpc) is 2.06. The van der Waals surface area contributed by atoms with Crippen LogP contribution >= 0.6 is 0 Å². The molecule has 13 heavy (non-hydrogen) atoms. The summed E-state index contributed by atoms with van der Waals surface area (Å²) in [6.07, 6.45) is 0.765. The van der Waals surface area contributed by atoms with E-state index < -0.39 is 6.03 Å². The number of aliphatic hydroxyl groups is 1. The first-order chi connectivity index (χ1) is 6.16. The number of carbonyl (C=O) groups is 1. The topological polar surface area (TPSA) is 89.3 Å². The van der Waals surface area contributed by atoms with E-state index in [2.05, 4.69) is 11.5 Å². The van der Waals surface area contributed by atoms with Gasteiger partial charge in [0, 0.05) is 6.61 Å². The van der Waals surface area contributed by atoms with Gasteiger partial charge in [-0.25, -0.2) is 4.79 Å². The number of nitrogens with two attached hydrogens (primary N) is 2. The molecule has 0 aliphatic carbocycles. The van der Waals surface area contributed by atoms with Crippen LogP contribution in [0.5, 0.6) is 0 Å². The van der Waals surface area contributed by atoms with Gasteiger partial charge in [-0.3, -0.25) is 0 Å². The molecule has 0 saturated heterocycles. The molecule has 0 unspecified atom stereocenters. The highest BCUT2D eigenvalue weighted by Crippen LogP contribution is 1.97. The van der Waals surface area contributed by atoms with Gasteiger partial charge in [0.2, 0.25) is 0 Å². The summed E-state index contributed by atoms with van der Waals surface area (Å²) in [5, 5.41) is 8.52. The van der Waals surface area contributed by atoms with Gasteiger partial charge in [-0.15, -0.1) is 0 Å². The quantitative estimate of drug-likeness (QED) is 0.611. The maximum Gasteiger partial charge on any atom is 0.309 e. The Morgan fingerprint density at radius 1 is 1.23 bits per heavy atom. The van der Waals surface area contributed by atoms with Crippen molar-refractivity contribution in [3.63, 3.8) is 0 Å². The molecule has 72 valence electrons. The van der Waals surface area contributed by atoms with Crippen LogP contribution in [0.15, 0.2) is 30.3 Å².